The van der Waals surface area contributed by atoms with E-state index in [2.05, 4.69) is 32.5 Å². The van der Waals surface area contributed by atoms with E-state index in [0.717, 1.165) is 64.5 Å². The summed E-state index contributed by atoms with van der Waals surface area (Å²) in [6.45, 7) is 7.81. The highest BCUT2D eigenvalue weighted by molar-refractivity contribution is 5.79. The highest BCUT2D eigenvalue weighted by Gasteiger charge is 2.18. The first kappa shape index (κ1) is 17.5. The normalized spacial score (nSPS) is 21.5. The minimum atomic E-state index is 0.790. The van der Waals surface area contributed by atoms with Crippen LogP contribution in [0.15, 0.2) is 4.99 Å². The van der Waals surface area contributed by atoms with E-state index in [9.17, 15) is 0 Å². The summed E-state index contributed by atoms with van der Waals surface area (Å²) in [6.07, 6.45) is 5.52. The molecule has 1 saturated carbocycles. The van der Waals surface area contributed by atoms with E-state index in [1.807, 2.05) is 7.05 Å². The molecule has 0 aromatic heterocycles. The number of rotatable bonds is 7. The molecule has 2 rings (SSSR count). The van der Waals surface area contributed by atoms with Crippen molar-refractivity contribution in [1.82, 2.24) is 20.4 Å². The Balaban J connectivity index is 1.54. The zero-order valence-electron chi connectivity index (χ0n) is 14.3. The molecular formula is C16H33N5O. The first-order chi connectivity index (χ1) is 10.8. The molecule has 22 heavy (non-hydrogen) atoms. The number of ether oxygens (including phenoxy) is 1. The summed E-state index contributed by atoms with van der Waals surface area (Å²) in [5.41, 5.74) is 0. The van der Waals surface area contributed by atoms with Crippen LogP contribution in [0.3, 0.4) is 0 Å². The number of morpholine rings is 1. The molecule has 0 spiro atoms. The van der Waals surface area contributed by atoms with Crippen molar-refractivity contribution in [2.45, 2.75) is 31.7 Å². The molecule has 0 aromatic rings. The lowest BCUT2D eigenvalue weighted by Crippen LogP contribution is -2.46. The lowest BCUT2D eigenvalue weighted by Gasteiger charge is -2.27. The maximum atomic E-state index is 5.36. The molecular weight excluding hydrogens is 278 g/mol. The third-order valence-corrected chi connectivity index (χ3v) is 4.75. The fourth-order valence-electron chi connectivity index (χ4n) is 3.26. The van der Waals surface area contributed by atoms with Crippen LogP contribution >= 0.6 is 0 Å². The van der Waals surface area contributed by atoms with Crippen molar-refractivity contribution in [3.8, 4) is 0 Å². The Morgan fingerprint density at radius 2 is 1.86 bits per heavy atom. The van der Waals surface area contributed by atoms with Crippen LogP contribution in [-0.2, 0) is 4.74 Å². The van der Waals surface area contributed by atoms with Crippen molar-refractivity contribution in [1.29, 1.82) is 0 Å². The molecule has 6 nitrogen and oxygen atoms in total. The average molecular weight is 311 g/mol. The smallest absolute Gasteiger partial charge is 0.191 e. The Kier molecular flexibility index (Phi) is 7.98. The number of likely N-dealkylation sites (N-methyl/N-ethyl adjacent to an activating group) is 1. The Labute approximate surface area is 135 Å². The van der Waals surface area contributed by atoms with Gasteiger partial charge < -0.3 is 20.3 Å². The molecule has 1 heterocycles. The molecule has 0 bridgehead atoms. The van der Waals surface area contributed by atoms with E-state index in [-0.39, 0.29) is 0 Å². The first-order valence-electron chi connectivity index (χ1n) is 8.74. The van der Waals surface area contributed by atoms with Crippen LogP contribution in [-0.4, -0.2) is 88.4 Å². The molecule has 128 valence electrons. The second-order valence-corrected chi connectivity index (χ2v) is 6.30. The van der Waals surface area contributed by atoms with Gasteiger partial charge in [-0.1, -0.05) is 12.8 Å². The van der Waals surface area contributed by atoms with Gasteiger partial charge in [0.2, 0.25) is 0 Å². The number of nitrogens with one attached hydrogen (secondary N) is 2. The second kappa shape index (κ2) is 10.0. The number of hydrogen-bond acceptors (Lipinski definition) is 4. The van der Waals surface area contributed by atoms with Crippen LogP contribution in [0.1, 0.15) is 25.7 Å². The maximum Gasteiger partial charge on any atom is 0.191 e. The summed E-state index contributed by atoms with van der Waals surface area (Å²) in [6, 6.07) is 0.790. The van der Waals surface area contributed by atoms with Gasteiger partial charge in [-0.2, -0.15) is 0 Å². The van der Waals surface area contributed by atoms with Gasteiger partial charge in [-0.15, -0.1) is 0 Å². The summed E-state index contributed by atoms with van der Waals surface area (Å²) in [7, 11) is 4.08. The summed E-state index contributed by atoms with van der Waals surface area (Å²) >= 11 is 0. The number of nitrogens with zero attached hydrogens (tertiary/aromatic N) is 3. The first-order valence-corrected chi connectivity index (χ1v) is 8.74. The monoisotopic (exact) mass is 311 g/mol. The van der Waals surface area contributed by atoms with Crippen LogP contribution in [0.2, 0.25) is 0 Å². The molecule has 2 N–H and O–H groups in total. The molecule has 0 aromatic carbocycles. The van der Waals surface area contributed by atoms with Gasteiger partial charge in [0.15, 0.2) is 5.96 Å². The molecule has 0 amide bonds. The second-order valence-electron chi connectivity index (χ2n) is 6.30. The minimum Gasteiger partial charge on any atom is -0.379 e. The SMILES string of the molecule is CN=C(NCCN1CCOCC1)NCCN(C)C1CCCC1. The molecule has 2 fully saturated rings. The lowest BCUT2D eigenvalue weighted by atomic mass is 10.2. The van der Waals surface area contributed by atoms with E-state index in [1.165, 1.54) is 25.7 Å². The van der Waals surface area contributed by atoms with Gasteiger partial charge in [0.05, 0.1) is 13.2 Å². The predicted octanol–water partition coefficient (Wildman–Crippen LogP) is 0.358. The summed E-state index contributed by atoms with van der Waals surface area (Å²) in [5, 5.41) is 6.81. The molecule has 6 heteroatoms. The van der Waals surface area contributed by atoms with Crippen LogP contribution in [0.25, 0.3) is 0 Å². The molecule has 1 saturated heterocycles. The zero-order chi connectivity index (χ0) is 15.6. The van der Waals surface area contributed by atoms with E-state index in [0.29, 0.717) is 0 Å². The number of aliphatic imine (C=N–C) groups is 1. The summed E-state index contributed by atoms with van der Waals surface area (Å²) in [4.78, 5) is 9.21. The van der Waals surface area contributed by atoms with E-state index in [4.69, 9.17) is 4.74 Å². The third kappa shape index (κ3) is 6.10. The minimum absolute atomic E-state index is 0.790. The standard InChI is InChI=1S/C16H33N5O/c1-17-16(19-8-10-21-11-13-22-14-12-21)18-7-9-20(2)15-5-3-4-6-15/h15H,3-14H2,1-2H3,(H2,17,18,19). The van der Waals surface area contributed by atoms with Gasteiger partial charge in [0, 0.05) is 52.4 Å². The zero-order valence-corrected chi connectivity index (χ0v) is 14.3. The number of hydrogen-bond donors (Lipinski definition) is 2. The molecule has 2 aliphatic rings. The van der Waals surface area contributed by atoms with Crippen molar-refractivity contribution < 1.29 is 4.74 Å². The van der Waals surface area contributed by atoms with Crippen LogP contribution < -0.4 is 10.6 Å². The fourth-order valence-corrected chi connectivity index (χ4v) is 3.26. The van der Waals surface area contributed by atoms with Gasteiger partial charge in [-0.3, -0.25) is 9.89 Å². The van der Waals surface area contributed by atoms with Crippen LogP contribution in [0.4, 0.5) is 0 Å². The Hall–Kier alpha value is -0.850. The highest BCUT2D eigenvalue weighted by atomic mass is 16.5. The van der Waals surface area contributed by atoms with Crippen molar-refractivity contribution >= 4 is 5.96 Å². The van der Waals surface area contributed by atoms with E-state index in [1.54, 1.807) is 0 Å². The van der Waals surface area contributed by atoms with Gasteiger partial charge in [0.1, 0.15) is 0 Å². The van der Waals surface area contributed by atoms with Crippen molar-refractivity contribution in [3.05, 3.63) is 0 Å². The van der Waals surface area contributed by atoms with E-state index >= 15 is 0 Å². The third-order valence-electron chi connectivity index (χ3n) is 4.75. The molecule has 0 radical (unpaired) electrons. The molecule has 0 unspecified atom stereocenters. The largest absolute Gasteiger partial charge is 0.379 e. The summed E-state index contributed by atoms with van der Waals surface area (Å²) in [5.74, 6) is 0.910. The Bertz CT molecular complexity index is 324. The van der Waals surface area contributed by atoms with Crippen molar-refractivity contribution in [3.63, 3.8) is 0 Å². The van der Waals surface area contributed by atoms with Gasteiger partial charge >= 0.3 is 0 Å². The van der Waals surface area contributed by atoms with Crippen molar-refractivity contribution in [2.24, 2.45) is 4.99 Å². The predicted molar refractivity (Wildman–Crippen MR) is 91.5 cm³/mol. The maximum absolute atomic E-state index is 5.36. The molecule has 0 atom stereocenters. The number of guanidine groups is 1. The van der Waals surface area contributed by atoms with E-state index < -0.39 is 0 Å². The van der Waals surface area contributed by atoms with Gasteiger partial charge in [-0.05, 0) is 19.9 Å². The van der Waals surface area contributed by atoms with Crippen LogP contribution in [0, 0.1) is 0 Å². The lowest BCUT2D eigenvalue weighted by molar-refractivity contribution is 0.0389. The summed E-state index contributed by atoms with van der Waals surface area (Å²) < 4.78 is 5.36. The quantitative estimate of drug-likeness (QED) is 0.525. The fraction of sp³-hybridized carbons (Fsp3) is 0.938. The molecule has 1 aliphatic carbocycles. The highest BCUT2D eigenvalue weighted by Crippen LogP contribution is 2.21. The van der Waals surface area contributed by atoms with Crippen LogP contribution in [0.5, 0.6) is 0 Å². The average Bonchev–Trinajstić information content (AvgIpc) is 3.09. The molecule has 1 aliphatic heterocycles. The van der Waals surface area contributed by atoms with Gasteiger partial charge in [0.25, 0.3) is 0 Å². The van der Waals surface area contributed by atoms with Gasteiger partial charge in [-0.25, -0.2) is 0 Å². The Morgan fingerprint density at radius 3 is 2.55 bits per heavy atom. The Morgan fingerprint density at radius 1 is 1.18 bits per heavy atom. The van der Waals surface area contributed by atoms with Crippen molar-refractivity contribution in [2.75, 3.05) is 66.6 Å². The topological polar surface area (TPSA) is 52.1 Å².